The topological polar surface area (TPSA) is 17.1 Å². The molecular weight excluding hydrogens is 304 g/mol. The Morgan fingerprint density at radius 2 is 1.65 bits per heavy atom. The van der Waals surface area contributed by atoms with E-state index >= 15 is 0 Å². The van der Waals surface area contributed by atoms with E-state index in [-0.39, 0.29) is 5.41 Å². The normalized spacial score (nSPS) is 20.3. The van der Waals surface area contributed by atoms with Crippen LogP contribution in [-0.4, -0.2) is 11.7 Å². The van der Waals surface area contributed by atoms with Crippen LogP contribution in [0.1, 0.15) is 42.4 Å². The monoisotopic (exact) mass is 326 g/mol. The molecule has 23 heavy (non-hydrogen) atoms. The average molecular weight is 327 g/mol. The molecule has 0 saturated carbocycles. The molecule has 2 heteroatoms. The van der Waals surface area contributed by atoms with Gasteiger partial charge in [-0.05, 0) is 42.4 Å². The Labute approximate surface area is 143 Å². The third-order valence-electron chi connectivity index (χ3n) is 5.02. The molecule has 0 aromatic heterocycles. The number of ketones is 1. The molecule has 2 aromatic carbocycles. The summed E-state index contributed by atoms with van der Waals surface area (Å²) in [5.74, 6) is 1.06. The van der Waals surface area contributed by atoms with Gasteiger partial charge in [0.05, 0.1) is 5.41 Å². The van der Waals surface area contributed by atoms with Crippen LogP contribution in [0.3, 0.4) is 0 Å². The summed E-state index contributed by atoms with van der Waals surface area (Å²) in [6, 6.07) is 18.9. The second kappa shape index (κ2) is 7.31. The summed E-state index contributed by atoms with van der Waals surface area (Å²) >= 11 is 5.88. The van der Waals surface area contributed by atoms with Crippen LogP contribution in [0.25, 0.3) is 0 Å². The summed E-state index contributed by atoms with van der Waals surface area (Å²) in [6.45, 7) is 0. The van der Waals surface area contributed by atoms with Gasteiger partial charge in [-0.25, -0.2) is 0 Å². The molecule has 0 radical (unpaired) electrons. The second-order valence-electron chi connectivity index (χ2n) is 6.47. The molecular formula is C21H23ClO. The van der Waals surface area contributed by atoms with Crippen molar-refractivity contribution in [3.05, 3.63) is 71.3 Å². The number of hydrogen-bond donors (Lipinski definition) is 0. The number of carbonyl (C=O) groups excluding carboxylic acids is 1. The zero-order valence-corrected chi connectivity index (χ0v) is 14.2. The molecule has 0 aliphatic heterocycles. The van der Waals surface area contributed by atoms with E-state index in [9.17, 15) is 4.79 Å². The maximum atomic E-state index is 13.0. The minimum Gasteiger partial charge on any atom is -0.299 e. The standard InChI is InChI=1S/C21H23ClO/c22-15-7-6-14-21(16-17-8-2-1-3-9-17)19-11-5-4-10-18(19)12-13-20(21)23/h1-5,8-11H,6-7,12-16H2. The van der Waals surface area contributed by atoms with E-state index < -0.39 is 0 Å². The first-order valence-corrected chi connectivity index (χ1v) is 9.01. The highest BCUT2D eigenvalue weighted by Gasteiger charge is 2.42. The maximum absolute atomic E-state index is 13.0. The second-order valence-corrected chi connectivity index (χ2v) is 6.85. The molecule has 1 nitrogen and oxygen atoms in total. The van der Waals surface area contributed by atoms with Crippen molar-refractivity contribution in [3.8, 4) is 0 Å². The lowest BCUT2D eigenvalue weighted by Gasteiger charge is -2.38. The van der Waals surface area contributed by atoms with Crippen molar-refractivity contribution in [2.45, 2.75) is 43.9 Å². The number of fused-ring (bicyclic) bond motifs is 1. The quantitative estimate of drug-likeness (QED) is 0.533. The van der Waals surface area contributed by atoms with E-state index in [4.69, 9.17) is 11.6 Å². The number of Topliss-reactive ketones (excluding diaryl/α,β-unsaturated/α-hetero) is 1. The molecule has 3 rings (SSSR count). The van der Waals surface area contributed by atoms with Gasteiger partial charge >= 0.3 is 0 Å². The van der Waals surface area contributed by atoms with Gasteiger partial charge in [-0.3, -0.25) is 4.79 Å². The van der Waals surface area contributed by atoms with Gasteiger partial charge in [0.15, 0.2) is 0 Å². The zero-order valence-electron chi connectivity index (χ0n) is 13.4. The van der Waals surface area contributed by atoms with Crippen molar-refractivity contribution in [1.29, 1.82) is 0 Å². The van der Waals surface area contributed by atoms with Crippen LogP contribution in [0.15, 0.2) is 54.6 Å². The number of carbonyl (C=O) groups is 1. The van der Waals surface area contributed by atoms with Crippen LogP contribution in [0, 0.1) is 0 Å². The van der Waals surface area contributed by atoms with E-state index in [2.05, 4.69) is 48.5 Å². The van der Waals surface area contributed by atoms with E-state index in [1.54, 1.807) is 0 Å². The Kier molecular flexibility index (Phi) is 5.17. The first kappa shape index (κ1) is 16.3. The van der Waals surface area contributed by atoms with Crippen LogP contribution in [0.2, 0.25) is 0 Å². The van der Waals surface area contributed by atoms with Crippen LogP contribution in [0.5, 0.6) is 0 Å². The molecule has 1 aliphatic rings. The highest BCUT2D eigenvalue weighted by molar-refractivity contribution is 6.17. The highest BCUT2D eigenvalue weighted by atomic mass is 35.5. The summed E-state index contributed by atoms with van der Waals surface area (Å²) in [5, 5.41) is 0. The Hall–Kier alpha value is -1.60. The number of rotatable bonds is 6. The van der Waals surface area contributed by atoms with Crippen molar-refractivity contribution in [1.82, 2.24) is 0 Å². The van der Waals surface area contributed by atoms with Gasteiger partial charge < -0.3 is 0 Å². The van der Waals surface area contributed by atoms with Gasteiger partial charge in [-0.2, -0.15) is 0 Å². The molecule has 1 aliphatic carbocycles. The number of hydrogen-bond acceptors (Lipinski definition) is 1. The number of alkyl halides is 1. The van der Waals surface area contributed by atoms with Crippen LogP contribution in [0.4, 0.5) is 0 Å². The summed E-state index contributed by atoms with van der Waals surface area (Å²) in [6.07, 6.45) is 5.19. The Balaban J connectivity index is 2.02. The number of unbranched alkanes of at least 4 members (excludes halogenated alkanes) is 1. The van der Waals surface area contributed by atoms with Crippen molar-refractivity contribution in [2.24, 2.45) is 0 Å². The number of benzene rings is 2. The number of halogens is 1. The van der Waals surface area contributed by atoms with E-state index in [0.717, 1.165) is 32.1 Å². The molecule has 0 bridgehead atoms. The molecule has 1 unspecified atom stereocenters. The lowest BCUT2D eigenvalue weighted by atomic mass is 9.63. The van der Waals surface area contributed by atoms with Gasteiger partial charge in [-0.15, -0.1) is 11.6 Å². The third kappa shape index (κ3) is 3.35. The predicted molar refractivity (Wildman–Crippen MR) is 96.2 cm³/mol. The molecule has 0 amide bonds. The molecule has 1 atom stereocenters. The molecule has 0 spiro atoms. The fourth-order valence-electron chi connectivity index (χ4n) is 3.86. The summed E-state index contributed by atoms with van der Waals surface area (Å²) in [4.78, 5) is 13.0. The molecule has 2 aromatic rings. The minimum absolute atomic E-state index is 0.373. The molecule has 120 valence electrons. The van der Waals surface area contributed by atoms with Crippen LogP contribution < -0.4 is 0 Å². The van der Waals surface area contributed by atoms with Crippen molar-refractivity contribution in [3.63, 3.8) is 0 Å². The van der Waals surface area contributed by atoms with Crippen molar-refractivity contribution >= 4 is 17.4 Å². The van der Waals surface area contributed by atoms with Crippen molar-refractivity contribution < 1.29 is 4.79 Å². The average Bonchev–Trinajstić information content (AvgIpc) is 2.59. The zero-order chi connectivity index (χ0) is 16.1. The van der Waals surface area contributed by atoms with Gasteiger partial charge in [0.1, 0.15) is 5.78 Å². The SMILES string of the molecule is O=C1CCc2ccccc2C1(CCCCCl)Cc1ccccc1. The lowest BCUT2D eigenvalue weighted by molar-refractivity contribution is -0.125. The summed E-state index contributed by atoms with van der Waals surface area (Å²) in [7, 11) is 0. The molecule has 0 fully saturated rings. The van der Waals surface area contributed by atoms with Crippen molar-refractivity contribution in [2.75, 3.05) is 5.88 Å². The third-order valence-corrected chi connectivity index (χ3v) is 5.29. The van der Waals surface area contributed by atoms with Gasteiger partial charge in [-0.1, -0.05) is 61.0 Å². The fourth-order valence-corrected chi connectivity index (χ4v) is 4.05. The Bertz CT molecular complexity index is 665. The largest absolute Gasteiger partial charge is 0.299 e. The highest BCUT2D eigenvalue weighted by Crippen LogP contribution is 2.41. The fraction of sp³-hybridized carbons (Fsp3) is 0.381. The first-order valence-electron chi connectivity index (χ1n) is 8.48. The van der Waals surface area contributed by atoms with E-state index in [1.807, 2.05) is 6.07 Å². The van der Waals surface area contributed by atoms with E-state index in [0.29, 0.717) is 18.1 Å². The van der Waals surface area contributed by atoms with Gasteiger partial charge in [0.2, 0.25) is 0 Å². The molecule has 0 saturated heterocycles. The van der Waals surface area contributed by atoms with Crippen LogP contribution in [-0.2, 0) is 23.1 Å². The Morgan fingerprint density at radius 1 is 0.913 bits per heavy atom. The summed E-state index contributed by atoms with van der Waals surface area (Å²) in [5.41, 5.74) is 3.45. The smallest absolute Gasteiger partial charge is 0.144 e. The van der Waals surface area contributed by atoms with E-state index in [1.165, 1.54) is 16.7 Å². The predicted octanol–water partition coefficient (Wildman–Crippen LogP) is 5.09. The van der Waals surface area contributed by atoms with Gasteiger partial charge in [0, 0.05) is 12.3 Å². The first-order chi connectivity index (χ1) is 11.3. The molecule has 0 N–H and O–H groups in total. The minimum atomic E-state index is -0.373. The molecule has 0 heterocycles. The maximum Gasteiger partial charge on any atom is 0.144 e. The van der Waals surface area contributed by atoms with Crippen LogP contribution >= 0.6 is 11.6 Å². The summed E-state index contributed by atoms with van der Waals surface area (Å²) < 4.78 is 0. The number of aryl methyl sites for hydroxylation is 1. The Morgan fingerprint density at radius 3 is 2.43 bits per heavy atom. The van der Waals surface area contributed by atoms with Gasteiger partial charge in [0.25, 0.3) is 0 Å². The lowest BCUT2D eigenvalue weighted by Crippen LogP contribution is -2.42.